The molecule has 0 saturated heterocycles. The van der Waals surface area contributed by atoms with E-state index in [-0.39, 0.29) is 23.5 Å². The zero-order chi connectivity index (χ0) is 25.9. The molecule has 0 radical (unpaired) electrons. The maximum atomic E-state index is 14.3. The summed E-state index contributed by atoms with van der Waals surface area (Å²) in [6, 6.07) is 21.6. The zero-order valence-electron chi connectivity index (χ0n) is 20.9. The van der Waals surface area contributed by atoms with E-state index in [0.717, 1.165) is 17.5 Å². The maximum absolute atomic E-state index is 14.3. The molecule has 1 aliphatic heterocycles. The Bertz CT molecular complexity index is 1450. The van der Waals surface area contributed by atoms with Gasteiger partial charge in [-0.3, -0.25) is 4.90 Å². The number of nitrogens with zero attached hydrogens (tertiary/aromatic N) is 3. The molecule has 5 rings (SSSR count). The Labute approximate surface area is 214 Å². The van der Waals surface area contributed by atoms with Crippen molar-refractivity contribution in [2.45, 2.75) is 32.9 Å². The smallest absolute Gasteiger partial charge is 0.322 e. The van der Waals surface area contributed by atoms with Gasteiger partial charge >= 0.3 is 6.03 Å². The van der Waals surface area contributed by atoms with Gasteiger partial charge < -0.3 is 14.6 Å². The standard InChI is InChI=1S/C29H27FN4O3/c1-4-19-10-12-21(13-11-19)26-25(18(2)34(29(35)31-26)17-20-8-6-5-7-9-20)28-32-27(33-37-28)22-14-15-24(36-3)23(30)16-22/h5-16,26H,4,17H2,1-3H3,(H,31,35). The van der Waals surface area contributed by atoms with Crippen LogP contribution in [0.2, 0.25) is 0 Å². The van der Waals surface area contributed by atoms with Gasteiger partial charge in [-0.1, -0.05) is 66.7 Å². The third-order valence-electron chi connectivity index (χ3n) is 6.57. The SMILES string of the molecule is CCc1ccc(C2NC(=O)N(Cc3ccccc3)C(C)=C2c2nc(-c3ccc(OC)c(F)c3)no2)cc1. The molecule has 1 unspecified atom stereocenters. The van der Waals surface area contributed by atoms with Crippen LogP contribution in [0.1, 0.15) is 42.5 Å². The van der Waals surface area contributed by atoms with E-state index >= 15 is 0 Å². The Kier molecular flexibility index (Phi) is 6.72. The second-order valence-corrected chi connectivity index (χ2v) is 8.82. The summed E-state index contributed by atoms with van der Waals surface area (Å²) in [5.41, 5.74) is 4.93. The molecule has 7 nitrogen and oxygen atoms in total. The molecule has 3 aromatic carbocycles. The van der Waals surface area contributed by atoms with Crippen molar-refractivity contribution in [2.24, 2.45) is 0 Å². The molecule has 2 heterocycles. The predicted molar refractivity (Wildman–Crippen MR) is 138 cm³/mol. The van der Waals surface area contributed by atoms with E-state index in [2.05, 4.69) is 22.4 Å². The number of allylic oxidation sites excluding steroid dienone is 1. The number of carbonyl (C=O) groups excluding carboxylic acids is 1. The van der Waals surface area contributed by atoms with Gasteiger partial charge in [-0.05, 0) is 48.2 Å². The highest BCUT2D eigenvalue weighted by molar-refractivity contribution is 5.86. The van der Waals surface area contributed by atoms with E-state index < -0.39 is 11.9 Å². The fraction of sp³-hybridized carbons (Fsp3) is 0.207. The number of benzene rings is 3. The van der Waals surface area contributed by atoms with Crippen LogP contribution in [0.25, 0.3) is 17.0 Å². The number of hydrogen-bond acceptors (Lipinski definition) is 5. The summed E-state index contributed by atoms with van der Waals surface area (Å²) in [5.74, 6) is 0.109. The largest absolute Gasteiger partial charge is 0.494 e. The number of ether oxygens (including phenoxy) is 1. The van der Waals surface area contributed by atoms with E-state index in [0.29, 0.717) is 23.4 Å². The monoisotopic (exact) mass is 498 g/mol. The van der Waals surface area contributed by atoms with Crippen LogP contribution in [-0.4, -0.2) is 28.2 Å². The first kappa shape index (κ1) is 24.2. The van der Waals surface area contributed by atoms with Crippen LogP contribution in [0.15, 0.2) is 83.0 Å². The molecular formula is C29H27FN4O3. The average Bonchev–Trinajstić information content (AvgIpc) is 3.41. The number of halogens is 1. The van der Waals surface area contributed by atoms with Gasteiger partial charge in [0, 0.05) is 11.3 Å². The summed E-state index contributed by atoms with van der Waals surface area (Å²) in [4.78, 5) is 19.5. The zero-order valence-corrected chi connectivity index (χ0v) is 20.9. The lowest BCUT2D eigenvalue weighted by atomic mass is 9.93. The van der Waals surface area contributed by atoms with E-state index in [9.17, 15) is 9.18 Å². The molecule has 37 heavy (non-hydrogen) atoms. The van der Waals surface area contributed by atoms with Gasteiger partial charge in [-0.25, -0.2) is 9.18 Å². The Balaban J connectivity index is 1.58. The number of hydrogen-bond donors (Lipinski definition) is 1. The van der Waals surface area contributed by atoms with Crippen molar-refractivity contribution in [1.82, 2.24) is 20.4 Å². The lowest BCUT2D eigenvalue weighted by molar-refractivity contribution is 0.203. The van der Waals surface area contributed by atoms with Crippen LogP contribution in [0, 0.1) is 5.82 Å². The van der Waals surface area contributed by atoms with Gasteiger partial charge in [0.15, 0.2) is 11.6 Å². The van der Waals surface area contributed by atoms with Gasteiger partial charge in [-0.15, -0.1) is 0 Å². The predicted octanol–water partition coefficient (Wildman–Crippen LogP) is 6.14. The molecule has 0 spiro atoms. The fourth-order valence-corrected chi connectivity index (χ4v) is 4.47. The van der Waals surface area contributed by atoms with Gasteiger partial charge in [0.25, 0.3) is 5.89 Å². The van der Waals surface area contributed by atoms with E-state index in [1.165, 1.54) is 24.8 Å². The molecule has 1 aromatic heterocycles. The van der Waals surface area contributed by atoms with Crippen molar-refractivity contribution >= 4 is 11.6 Å². The second-order valence-electron chi connectivity index (χ2n) is 8.82. The van der Waals surface area contributed by atoms with Crippen LogP contribution in [0.3, 0.4) is 0 Å². The molecule has 0 bridgehead atoms. The molecule has 0 aliphatic carbocycles. The third kappa shape index (κ3) is 4.82. The average molecular weight is 499 g/mol. The first-order valence-corrected chi connectivity index (χ1v) is 12.1. The van der Waals surface area contributed by atoms with Crippen molar-refractivity contribution in [3.8, 4) is 17.1 Å². The van der Waals surface area contributed by atoms with E-state index in [4.69, 9.17) is 9.26 Å². The van der Waals surface area contributed by atoms with Gasteiger partial charge in [0.2, 0.25) is 5.82 Å². The summed E-state index contributed by atoms with van der Waals surface area (Å²) in [6.45, 7) is 4.35. The minimum Gasteiger partial charge on any atom is -0.494 e. The Morgan fingerprint density at radius 1 is 1.05 bits per heavy atom. The van der Waals surface area contributed by atoms with Crippen molar-refractivity contribution in [2.75, 3.05) is 7.11 Å². The highest BCUT2D eigenvalue weighted by Gasteiger charge is 2.35. The number of amides is 2. The maximum Gasteiger partial charge on any atom is 0.322 e. The van der Waals surface area contributed by atoms with Gasteiger partial charge in [0.05, 0.1) is 25.3 Å². The Hall–Kier alpha value is -4.46. The molecular weight excluding hydrogens is 471 g/mol. The van der Waals surface area contributed by atoms with Crippen LogP contribution in [0.5, 0.6) is 5.75 Å². The molecule has 1 N–H and O–H groups in total. The molecule has 1 atom stereocenters. The number of carbonyl (C=O) groups is 1. The van der Waals surface area contributed by atoms with Crippen molar-refractivity contribution < 1.29 is 18.4 Å². The van der Waals surface area contributed by atoms with Gasteiger partial charge in [0.1, 0.15) is 0 Å². The van der Waals surface area contributed by atoms with E-state index in [1.807, 2.05) is 61.5 Å². The lowest BCUT2D eigenvalue weighted by Crippen LogP contribution is -2.45. The number of methoxy groups -OCH3 is 1. The second kappa shape index (κ2) is 10.3. The molecule has 4 aromatic rings. The first-order chi connectivity index (χ1) is 18.0. The first-order valence-electron chi connectivity index (χ1n) is 12.1. The summed E-state index contributed by atoms with van der Waals surface area (Å²) in [7, 11) is 1.41. The lowest BCUT2D eigenvalue weighted by Gasteiger charge is -2.35. The summed E-state index contributed by atoms with van der Waals surface area (Å²) < 4.78 is 25.0. The normalized spacial score (nSPS) is 15.6. The molecule has 0 saturated carbocycles. The summed E-state index contributed by atoms with van der Waals surface area (Å²) in [6.07, 6.45) is 0.912. The fourth-order valence-electron chi connectivity index (χ4n) is 4.47. The summed E-state index contributed by atoms with van der Waals surface area (Å²) >= 11 is 0. The van der Waals surface area contributed by atoms with Crippen LogP contribution in [-0.2, 0) is 13.0 Å². The van der Waals surface area contributed by atoms with Crippen LogP contribution < -0.4 is 10.1 Å². The highest BCUT2D eigenvalue weighted by Crippen LogP contribution is 2.38. The minimum atomic E-state index is -0.519. The topological polar surface area (TPSA) is 80.5 Å². The Morgan fingerprint density at radius 3 is 2.49 bits per heavy atom. The van der Waals surface area contributed by atoms with E-state index in [1.54, 1.807) is 11.0 Å². The van der Waals surface area contributed by atoms with Gasteiger partial charge in [-0.2, -0.15) is 4.98 Å². The highest BCUT2D eigenvalue weighted by atomic mass is 19.1. The van der Waals surface area contributed by atoms with Crippen molar-refractivity contribution in [3.05, 3.63) is 107 Å². The molecule has 1 aliphatic rings. The molecule has 0 fully saturated rings. The molecule has 188 valence electrons. The molecule has 2 amide bonds. The summed E-state index contributed by atoms with van der Waals surface area (Å²) in [5, 5.41) is 7.23. The quantitative estimate of drug-likeness (QED) is 0.331. The minimum absolute atomic E-state index is 0.133. The number of rotatable bonds is 7. The van der Waals surface area contributed by atoms with Crippen LogP contribution >= 0.6 is 0 Å². The van der Waals surface area contributed by atoms with Crippen molar-refractivity contribution in [3.63, 3.8) is 0 Å². The number of aromatic nitrogens is 2. The number of aryl methyl sites for hydroxylation is 1. The van der Waals surface area contributed by atoms with Crippen molar-refractivity contribution in [1.29, 1.82) is 0 Å². The number of nitrogens with one attached hydrogen (secondary N) is 1. The third-order valence-corrected chi connectivity index (χ3v) is 6.57. The Morgan fingerprint density at radius 2 is 1.81 bits per heavy atom. The molecule has 8 heteroatoms. The van der Waals surface area contributed by atoms with Crippen LogP contribution in [0.4, 0.5) is 9.18 Å². The number of urea groups is 1.